The lowest BCUT2D eigenvalue weighted by Gasteiger charge is -2.06. The number of aliphatic imine (C=N–C) groups is 1. The van der Waals surface area contributed by atoms with E-state index in [2.05, 4.69) is 4.99 Å². The average molecular weight is 164 g/mol. The van der Waals surface area contributed by atoms with Crippen molar-refractivity contribution in [1.82, 2.24) is 0 Å². The van der Waals surface area contributed by atoms with Gasteiger partial charge in [-0.2, -0.15) is 0 Å². The molecule has 9 heavy (non-hydrogen) atoms. The maximum Gasteiger partial charge on any atom is 0.127 e. The van der Waals surface area contributed by atoms with Crippen molar-refractivity contribution in [2.45, 2.75) is 11.9 Å². The molecule has 0 radical (unpaired) electrons. The van der Waals surface area contributed by atoms with Crippen LogP contribution in [-0.2, 0) is 0 Å². The van der Waals surface area contributed by atoms with Gasteiger partial charge in [-0.15, -0.1) is 11.6 Å². The number of hydrogen-bond acceptors (Lipinski definition) is 1. The lowest BCUT2D eigenvalue weighted by atomic mass is 10.2. The van der Waals surface area contributed by atoms with Crippen molar-refractivity contribution in [2.24, 2.45) is 4.99 Å². The van der Waals surface area contributed by atoms with Crippen LogP contribution in [0.4, 0.5) is 0 Å². The first-order chi connectivity index (χ1) is 4.33. The van der Waals surface area contributed by atoms with Crippen molar-refractivity contribution in [3.63, 3.8) is 0 Å². The highest BCUT2D eigenvalue weighted by atomic mass is 35.5. The van der Waals surface area contributed by atoms with Gasteiger partial charge < -0.3 is 0 Å². The van der Waals surface area contributed by atoms with Crippen LogP contribution in [0.2, 0.25) is 0 Å². The zero-order valence-electron chi connectivity index (χ0n) is 4.85. The van der Waals surface area contributed by atoms with Crippen LogP contribution in [-0.4, -0.2) is 17.1 Å². The van der Waals surface area contributed by atoms with E-state index < -0.39 is 0 Å². The summed E-state index contributed by atoms with van der Waals surface area (Å²) in [6, 6.07) is 0. The quantitative estimate of drug-likeness (QED) is 0.416. The molecule has 0 bridgehead atoms. The van der Waals surface area contributed by atoms with Crippen LogP contribution in [0, 0.1) is 0 Å². The third-order valence-electron chi connectivity index (χ3n) is 1.08. The molecule has 0 aromatic carbocycles. The van der Waals surface area contributed by atoms with E-state index in [0.29, 0.717) is 5.88 Å². The molecule has 0 N–H and O–H groups in total. The fourth-order valence-corrected chi connectivity index (χ4v) is 1.06. The van der Waals surface area contributed by atoms with Gasteiger partial charge in [-0.1, -0.05) is 17.7 Å². The molecule has 1 nitrogen and oxygen atoms in total. The predicted octanol–water partition coefficient (Wildman–Crippen LogP) is 2.19. The molecule has 0 saturated carbocycles. The van der Waals surface area contributed by atoms with Crippen LogP contribution in [0.1, 0.15) is 6.42 Å². The molecule has 1 unspecified atom stereocenters. The van der Waals surface area contributed by atoms with Gasteiger partial charge in [0.15, 0.2) is 0 Å². The van der Waals surface area contributed by atoms with Crippen molar-refractivity contribution in [3.05, 3.63) is 12.2 Å². The topological polar surface area (TPSA) is 12.4 Å². The first-order valence-corrected chi connectivity index (χ1v) is 3.73. The molecule has 1 aliphatic heterocycles. The summed E-state index contributed by atoms with van der Waals surface area (Å²) in [7, 11) is 0. The van der Waals surface area contributed by atoms with Crippen LogP contribution in [0.3, 0.4) is 0 Å². The molecule has 0 saturated heterocycles. The number of halogens is 2. The fraction of sp³-hybridized carbons (Fsp3) is 0.500. The molecule has 50 valence electrons. The lowest BCUT2D eigenvalue weighted by molar-refractivity contribution is 0.909. The molecule has 0 amide bonds. The highest BCUT2D eigenvalue weighted by molar-refractivity contribution is 6.31. The summed E-state index contributed by atoms with van der Waals surface area (Å²) in [6.07, 6.45) is 4.72. The summed E-state index contributed by atoms with van der Waals surface area (Å²) in [5.41, 5.74) is 0.784. The van der Waals surface area contributed by atoms with E-state index in [1.54, 1.807) is 0 Å². The van der Waals surface area contributed by atoms with Crippen LogP contribution in [0.5, 0.6) is 0 Å². The average Bonchev–Trinajstić information content (AvgIpc) is 1.88. The molecule has 1 rings (SSSR count). The standard InChI is InChI=1S/C6H7Cl2N/c7-4-5-2-1-3-6(8)9-5/h1-2,6H,3-4H2. The molecule has 0 aliphatic carbocycles. The van der Waals surface area contributed by atoms with Gasteiger partial charge in [0.1, 0.15) is 5.50 Å². The second-order valence-corrected chi connectivity index (χ2v) is 2.60. The highest BCUT2D eigenvalue weighted by Gasteiger charge is 2.04. The largest absolute Gasteiger partial charge is 0.269 e. The van der Waals surface area contributed by atoms with Gasteiger partial charge in [0, 0.05) is 6.42 Å². The normalized spacial score (nSPS) is 26.0. The highest BCUT2D eigenvalue weighted by Crippen LogP contribution is 2.10. The SMILES string of the molecule is ClCC1=NC(Cl)CC=C1. The van der Waals surface area contributed by atoms with Crippen molar-refractivity contribution < 1.29 is 0 Å². The second kappa shape index (κ2) is 3.23. The number of allylic oxidation sites excluding steroid dienone is 1. The minimum Gasteiger partial charge on any atom is -0.269 e. The molecule has 1 heterocycles. The first kappa shape index (κ1) is 7.10. The Labute approximate surface area is 64.4 Å². The Morgan fingerprint density at radius 2 is 2.56 bits per heavy atom. The Morgan fingerprint density at radius 3 is 3.00 bits per heavy atom. The van der Waals surface area contributed by atoms with Gasteiger partial charge >= 0.3 is 0 Å². The van der Waals surface area contributed by atoms with E-state index in [-0.39, 0.29) is 5.50 Å². The smallest absolute Gasteiger partial charge is 0.127 e. The van der Waals surface area contributed by atoms with E-state index in [1.807, 2.05) is 12.2 Å². The fourth-order valence-electron chi connectivity index (χ4n) is 0.671. The summed E-state index contributed by atoms with van der Waals surface area (Å²) in [5.74, 6) is 0.458. The van der Waals surface area contributed by atoms with E-state index in [1.165, 1.54) is 0 Å². The lowest BCUT2D eigenvalue weighted by Crippen LogP contribution is -2.06. The zero-order valence-corrected chi connectivity index (χ0v) is 6.36. The number of nitrogens with zero attached hydrogens (tertiary/aromatic N) is 1. The first-order valence-electron chi connectivity index (χ1n) is 2.76. The Bertz CT molecular complexity index is 151. The van der Waals surface area contributed by atoms with Crippen molar-refractivity contribution in [2.75, 3.05) is 5.88 Å². The van der Waals surface area contributed by atoms with Crippen LogP contribution >= 0.6 is 23.2 Å². The maximum absolute atomic E-state index is 5.69. The van der Waals surface area contributed by atoms with Crippen molar-refractivity contribution in [3.8, 4) is 0 Å². The molecule has 0 spiro atoms. The Kier molecular flexibility index (Phi) is 2.55. The van der Waals surface area contributed by atoms with E-state index in [9.17, 15) is 0 Å². The van der Waals surface area contributed by atoms with Gasteiger partial charge in [-0.25, -0.2) is 0 Å². The summed E-state index contributed by atoms with van der Waals surface area (Å²) >= 11 is 11.2. The number of hydrogen-bond donors (Lipinski definition) is 0. The third-order valence-corrected chi connectivity index (χ3v) is 1.63. The van der Waals surface area contributed by atoms with Gasteiger partial charge in [0.2, 0.25) is 0 Å². The minimum atomic E-state index is -0.0938. The molecule has 3 heteroatoms. The Balaban J connectivity index is 2.59. The summed E-state index contributed by atoms with van der Waals surface area (Å²) in [5, 5.41) is 0. The van der Waals surface area contributed by atoms with Crippen LogP contribution in [0.15, 0.2) is 17.1 Å². The minimum absolute atomic E-state index is 0.0938. The van der Waals surface area contributed by atoms with Gasteiger partial charge in [0.05, 0.1) is 11.6 Å². The maximum atomic E-state index is 5.69. The Hall–Kier alpha value is -0.0100. The van der Waals surface area contributed by atoms with Gasteiger partial charge in [-0.05, 0) is 6.08 Å². The molecule has 1 aliphatic rings. The monoisotopic (exact) mass is 163 g/mol. The predicted molar refractivity (Wildman–Crippen MR) is 41.6 cm³/mol. The van der Waals surface area contributed by atoms with Crippen LogP contribution in [0.25, 0.3) is 0 Å². The van der Waals surface area contributed by atoms with Crippen molar-refractivity contribution in [1.29, 1.82) is 0 Å². The Morgan fingerprint density at radius 1 is 1.78 bits per heavy atom. The summed E-state index contributed by atoms with van der Waals surface area (Å²) in [4.78, 5) is 4.06. The van der Waals surface area contributed by atoms with E-state index >= 15 is 0 Å². The summed E-state index contributed by atoms with van der Waals surface area (Å²) in [6.45, 7) is 0. The molecule has 0 aromatic rings. The van der Waals surface area contributed by atoms with E-state index in [4.69, 9.17) is 23.2 Å². The number of dihydropyridines is 1. The molecule has 1 atom stereocenters. The molecule has 0 fully saturated rings. The number of alkyl halides is 2. The molecular formula is C6H7Cl2N. The molecule has 0 aromatic heterocycles. The van der Waals surface area contributed by atoms with Crippen molar-refractivity contribution >= 4 is 28.9 Å². The summed E-state index contributed by atoms with van der Waals surface area (Å²) < 4.78 is 0. The van der Waals surface area contributed by atoms with Gasteiger partial charge in [0.25, 0.3) is 0 Å². The second-order valence-electron chi connectivity index (χ2n) is 1.83. The van der Waals surface area contributed by atoms with Crippen LogP contribution < -0.4 is 0 Å². The molecular weight excluding hydrogens is 157 g/mol. The van der Waals surface area contributed by atoms with E-state index in [0.717, 1.165) is 12.1 Å². The zero-order chi connectivity index (χ0) is 6.69. The van der Waals surface area contributed by atoms with Gasteiger partial charge in [-0.3, -0.25) is 4.99 Å². The number of rotatable bonds is 1. The third kappa shape index (κ3) is 1.99.